The van der Waals surface area contributed by atoms with Gasteiger partial charge in [-0.1, -0.05) is 11.6 Å². The molecular weight excluding hydrogens is 299 g/mol. The summed E-state index contributed by atoms with van der Waals surface area (Å²) >= 11 is 5.95. The van der Waals surface area contributed by atoms with Crippen LogP contribution in [0.15, 0.2) is 18.2 Å². The molecule has 0 aromatic heterocycles. The minimum absolute atomic E-state index is 0. The molecule has 2 rings (SSSR count). The van der Waals surface area contributed by atoms with Crippen LogP contribution < -0.4 is 10.1 Å². The van der Waals surface area contributed by atoms with Crippen LogP contribution in [-0.4, -0.2) is 43.1 Å². The predicted molar refractivity (Wildman–Crippen MR) is 83.2 cm³/mol. The third-order valence-electron chi connectivity index (χ3n) is 3.13. The quantitative estimate of drug-likeness (QED) is 0.931. The second kappa shape index (κ2) is 7.72. The number of amides is 1. The summed E-state index contributed by atoms with van der Waals surface area (Å²) in [7, 11) is 0. The number of nitrogens with zero attached hydrogens (tertiary/aromatic N) is 1. The summed E-state index contributed by atoms with van der Waals surface area (Å²) in [5, 5.41) is 3.90. The summed E-state index contributed by atoms with van der Waals surface area (Å²) in [5.41, 5.74) is 0.584. The second-order valence-electron chi connectivity index (χ2n) is 4.68. The molecule has 112 valence electrons. The molecule has 1 saturated heterocycles. The van der Waals surface area contributed by atoms with Crippen molar-refractivity contribution in [1.82, 2.24) is 10.2 Å². The lowest BCUT2D eigenvalue weighted by Crippen LogP contribution is -2.51. The molecule has 0 saturated carbocycles. The smallest absolute Gasteiger partial charge is 0.257 e. The first-order chi connectivity index (χ1) is 9.11. The van der Waals surface area contributed by atoms with Crippen molar-refractivity contribution in [1.29, 1.82) is 0 Å². The Morgan fingerprint density at radius 1 is 1.55 bits per heavy atom. The molecule has 0 bridgehead atoms. The number of benzene rings is 1. The van der Waals surface area contributed by atoms with E-state index in [0.717, 1.165) is 13.1 Å². The van der Waals surface area contributed by atoms with E-state index in [9.17, 15) is 4.79 Å². The third kappa shape index (κ3) is 4.01. The molecule has 1 N–H and O–H groups in total. The van der Waals surface area contributed by atoms with Crippen molar-refractivity contribution in [2.24, 2.45) is 0 Å². The van der Waals surface area contributed by atoms with Gasteiger partial charge in [0, 0.05) is 30.7 Å². The fraction of sp³-hybridized carbons (Fsp3) is 0.500. The van der Waals surface area contributed by atoms with Crippen LogP contribution in [0.3, 0.4) is 0 Å². The first-order valence-corrected chi connectivity index (χ1v) is 6.94. The Morgan fingerprint density at radius 3 is 2.95 bits per heavy atom. The van der Waals surface area contributed by atoms with Gasteiger partial charge in [0.1, 0.15) is 5.75 Å². The van der Waals surface area contributed by atoms with Crippen molar-refractivity contribution in [3.8, 4) is 5.75 Å². The first-order valence-electron chi connectivity index (χ1n) is 6.56. The zero-order chi connectivity index (χ0) is 13.8. The Bertz CT molecular complexity index is 468. The fourth-order valence-corrected chi connectivity index (χ4v) is 2.40. The lowest BCUT2D eigenvalue weighted by molar-refractivity contribution is 0.0705. The molecule has 1 aliphatic rings. The van der Waals surface area contributed by atoms with Crippen LogP contribution in [0.4, 0.5) is 0 Å². The largest absolute Gasteiger partial charge is 0.493 e. The number of hydrogen-bond donors (Lipinski definition) is 1. The topological polar surface area (TPSA) is 41.6 Å². The molecule has 1 heterocycles. The summed E-state index contributed by atoms with van der Waals surface area (Å²) in [6.45, 7) is 6.74. The van der Waals surface area contributed by atoms with Crippen molar-refractivity contribution in [3.63, 3.8) is 0 Å². The van der Waals surface area contributed by atoms with Crippen LogP contribution in [0, 0.1) is 0 Å². The van der Waals surface area contributed by atoms with Crippen LogP contribution in [0.1, 0.15) is 24.2 Å². The van der Waals surface area contributed by atoms with E-state index in [1.165, 1.54) is 0 Å². The van der Waals surface area contributed by atoms with Gasteiger partial charge in [0.05, 0.1) is 12.2 Å². The zero-order valence-electron chi connectivity index (χ0n) is 11.7. The van der Waals surface area contributed by atoms with Crippen molar-refractivity contribution in [2.45, 2.75) is 19.9 Å². The second-order valence-corrected chi connectivity index (χ2v) is 5.12. The fourth-order valence-electron chi connectivity index (χ4n) is 2.23. The summed E-state index contributed by atoms with van der Waals surface area (Å²) in [4.78, 5) is 14.4. The van der Waals surface area contributed by atoms with Crippen molar-refractivity contribution in [3.05, 3.63) is 28.8 Å². The van der Waals surface area contributed by atoms with E-state index in [0.29, 0.717) is 35.5 Å². The van der Waals surface area contributed by atoms with Gasteiger partial charge in [-0.15, -0.1) is 12.4 Å². The van der Waals surface area contributed by atoms with Crippen LogP contribution in [-0.2, 0) is 0 Å². The lowest BCUT2D eigenvalue weighted by atomic mass is 10.1. The molecule has 20 heavy (non-hydrogen) atoms. The van der Waals surface area contributed by atoms with E-state index in [1.807, 2.05) is 11.8 Å². The Hall–Kier alpha value is -0.970. The Balaban J connectivity index is 0.00000200. The molecule has 0 radical (unpaired) electrons. The van der Waals surface area contributed by atoms with Gasteiger partial charge >= 0.3 is 0 Å². The number of rotatable bonds is 3. The van der Waals surface area contributed by atoms with Crippen LogP contribution in [0.5, 0.6) is 5.75 Å². The van der Waals surface area contributed by atoms with Crippen molar-refractivity contribution < 1.29 is 9.53 Å². The highest BCUT2D eigenvalue weighted by Gasteiger charge is 2.24. The molecular formula is C14H20Cl2N2O2. The SMILES string of the molecule is CCOc1cc(Cl)ccc1C(=O)N1CCN[C@H](C)C1.Cl. The molecule has 1 atom stereocenters. The minimum Gasteiger partial charge on any atom is -0.493 e. The van der Waals surface area contributed by atoms with Crippen LogP contribution >= 0.6 is 24.0 Å². The zero-order valence-corrected chi connectivity index (χ0v) is 13.3. The molecule has 0 aliphatic carbocycles. The molecule has 6 heteroatoms. The molecule has 0 unspecified atom stereocenters. The number of ether oxygens (including phenoxy) is 1. The lowest BCUT2D eigenvalue weighted by Gasteiger charge is -2.32. The maximum Gasteiger partial charge on any atom is 0.257 e. The maximum atomic E-state index is 12.5. The summed E-state index contributed by atoms with van der Waals surface area (Å²) in [6.07, 6.45) is 0. The third-order valence-corrected chi connectivity index (χ3v) is 3.36. The van der Waals surface area contributed by atoms with E-state index in [1.54, 1.807) is 18.2 Å². The number of nitrogens with one attached hydrogen (secondary N) is 1. The Labute approximate surface area is 130 Å². The van der Waals surface area contributed by atoms with Crippen molar-refractivity contribution >= 4 is 29.9 Å². The van der Waals surface area contributed by atoms with Gasteiger partial charge in [-0.2, -0.15) is 0 Å². The summed E-state index contributed by atoms with van der Waals surface area (Å²) in [5.74, 6) is 0.569. The Kier molecular flexibility index (Phi) is 6.59. The summed E-state index contributed by atoms with van der Waals surface area (Å²) in [6, 6.07) is 5.48. The van der Waals surface area contributed by atoms with Crippen LogP contribution in [0.2, 0.25) is 5.02 Å². The van der Waals surface area contributed by atoms with Crippen molar-refractivity contribution in [2.75, 3.05) is 26.2 Å². The normalized spacial score (nSPS) is 18.4. The molecule has 0 spiro atoms. The van der Waals surface area contributed by atoms with Gasteiger partial charge < -0.3 is 15.0 Å². The maximum absolute atomic E-state index is 12.5. The van der Waals surface area contributed by atoms with E-state index >= 15 is 0 Å². The van der Waals surface area contributed by atoms with E-state index in [-0.39, 0.29) is 18.3 Å². The highest BCUT2D eigenvalue weighted by Crippen LogP contribution is 2.25. The van der Waals surface area contributed by atoms with Gasteiger partial charge in [0.25, 0.3) is 5.91 Å². The Morgan fingerprint density at radius 2 is 2.30 bits per heavy atom. The number of carbonyl (C=O) groups is 1. The first kappa shape index (κ1) is 17.1. The monoisotopic (exact) mass is 318 g/mol. The number of carbonyl (C=O) groups excluding carboxylic acids is 1. The number of halogens is 2. The van der Waals surface area contributed by atoms with Crippen LogP contribution in [0.25, 0.3) is 0 Å². The molecule has 1 aromatic carbocycles. The number of piperazine rings is 1. The summed E-state index contributed by atoms with van der Waals surface area (Å²) < 4.78 is 5.51. The average molecular weight is 319 g/mol. The predicted octanol–water partition coefficient (Wildman–Crippen LogP) is 2.59. The minimum atomic E-state index is 0. The van der Waals surface area contributed by atoms with E-state index < -0.39 is 0 Å². The van der Waals surface area contributed by atoms with Gasteiger partial charge in [-0.25, -0.2) is 0 Å². The van der Waals surface area contributed by atoms with Gasteiger partial charge in [0.15, 0.2) is 0 Å². The standard InChI is InChI=1S/C14H19ClN2O2.ClH/c1-3-19-13-8-11(15)4-5-12(13)14(18)17-7-6-16-10(2)9-17;/h4-5,8,10,16H,3,6-7,9H2,1-2H3;1H/t10-;/m1./s1. The van der Waals surface area contributed by atoms with Gasteiger partial charge in [0.2, 0.25) is 0 Å². The highest BCUT2D eigenvalue weighted by molar-refractivity contribution is 6.30. The molecule has 1 aliphatic heterocycles. The number of hydrogen-bond acceptors (Lipinski definition) is 3. The van der Waals surface area contributed by atoms with E-state index in [4.69, 9.17) is 16.3 Å². The van der Waals surface area contributed by atoms with E-state index in [2.05, 4.69) is 12.2 Å². The molecule has 4 nitrogen and oxygen atoms in total. The molecule has 1 amide bonds. The van der Waals surface area contributed by atoms with Gasteiger partial charge in [-0.05, 0) is 32.0 Å². The molecule has 1 aromatic rings. The highest BCUT2D eigenvalue weighted by atomic mass is 35.5. The average Bonchev–Trinajstić information content (AvgIpc) is 2.39. The molecule has 1 fully saturated rings. The van der Waals surface area contributed by atoms with Gasteiger partial charge in [-0.3, -0.25) is 4.79 Å².